The van der Waals surface area contributed by atoms with Crippen molar-refractivity contribution >= 4 is 5.97 Å². The van der Waals surface area contributed by atoms with Crippen LogP contribution in [0.3, 0.4) is 0 Å². The summed E-state index contributed by atoms with van der Waals surface area (Å²) in [5, 5.41) is 0. The maximum atomic E-state index is 14.6. The standard InChI is InChI=1S/C15H23FO2/c1-9(17)18-13(2,3)15-7-11-5-10(12(11)15)6-14(4,16)8-15/h10-12H,5-8H2,1-4H3. The SMILES string of the molecule is CC(=O)OC(C)(C)C12CC3CC(CC(C)(F)C1)C32. The molecular weight excluding hydrogens is 231 g/mol. The van der Waals surface area contributed by atoms with E-state index >= 15 is 0 Å². The number of halogens is 1. The molecule has 3 heteroatoms. The Morgan fingerprint density at radius 1 is 1.33 bits per heavy atom. The van der Waals surface area contributed by atoms with Crippen molar-refractivity contribution in [3.8, 4) is 0 Å². The smallest absolute Gasteiger partial charge is 0.303 e. The van der Waals surface area contributed by atoms with E-state index in [9.17, 15) is 9.18 Å². The van der Waals surface area contributed by atoms with E-state index in [4.69, 9.17) is 4.74 Å². The summed E-state index contributed by atoms with van der Waals surface area (Å²) in [5.41, 5.74) is -1.75. The first-order chi connectivity index (χ1) is 8.17. The van der Waals surface area contributed by atoms with E-state index in [0.29, 0.717) is 24.7 Å². The molecule has 0 saturated heterocycles. The normalized spacial score (nSPS) is 49.7. The van der Waals surface area contributed by atoms with Crippen LogP contribution in [-0.4, -0.2) is 17.2 Å². The largest absolute Gasteiger partial charge is 0.459 e. The molecule has 3 aliphatic rings. The van der Waals surface area contributed by atoms with Gasteiger partial charge in [0, 0.05) is 12.3 Å². The maximum Gasteiger partial charge on any atom is 0.303 e. The van der Waals surface area contributed by atoms with Crippen LogP contribution >= 0.6 is 0 Å². The molecule has 0 aliphatic heterocycles. The molecule has 0 spiro atoms. The Morgan fingerprint density at radius 2 is 1.94 bits per heavy atom. The average molecular weight is 254 g/mol. The summed E-state index contributed by atoms with van der Waals surface area (Å²) in [6.45, 7) is 7.12. The van der Waals surface area contributed by atoms with Gasteiger partial charge < -0.3 is 4.74 Å². The molecule has 5 unspecified atom stereocenters. The number of rotatable bonds is 2. The van der Waals surface area contributed by atoms with Crippen molar-refractivity contribution in [2.75, 3.05) is 0 Å². The Balaban J connectivity index is 1.91. The van der Waals surface area contributed by atoms with Gasteiger partial charge in [-0.15, -0.1) is 0 Å². The van der Waals surface area contributed by atoms with Crippen LogP contribution in [0, 0.1) is 23.2 Å². The first kappa shape index (κ1) is 12.4. The van der Waals surface area contributed by atoms with Crippen LogP contribution in [0.25, 0.3) is 0 Å². The number of hydrogen-bond donors (Lipinski definition) is 0. The minimum absolute atomic E-state index is 0.117. The molecule has 3 aliphatic carbocycles. The molecule has 0 aromatic heterocycles. The second-order valence-electron chi connectivity index (χ2n) is 7.54. The molecule has 0 bridgehead atoms. The Labute approximate surface area is 108 Å². The number of ether oxygens (including phenoxy) is 1. The van der Waals surface area contributed by atoms with Crippen LogP contribution in [0.1, 0.15) is 53.4 Å². The van der Waals surface area contributed by atoms with Crippen LogP contribution < -0.4 is 0 Å². The molecule has 0 N–H and O–H groups in total. The van der Waals surface area contributed by atoms with Gasteiger partial charge in [0.25, 0.3) is 0 Å². The Kier molecular flexibility index (Phi) is 2.27. The molecule has 5 atom stereocenters. The van der Waals surface area contributed by atoms with Gasteiger partial charge >= 0.3 is 5.97 Å². The Morgan fingerprint density at radius 3 is 2.50 bits per heavy atom. The summed E-state index contributed by atoms with van der Waals surface area (Å²) in [4.78, 5) is 11.3. The molecule has 0 aromatic rings. The summed E-state index contributed by atoms with van der Waals surface area (Å²) < 4.78 is 20.1. The average Bonchev–Trinajstić information content (AvgIpc) is 2.07. The number of carbonyl (C=O) groups is 1. The lowest BCUT2D eigenvalue weighted by Crippen LogP contribution is -2.72. The molecule has 3 rings (SSSR count). The molecule has 18 heavy (non-hydrogen) atoms. The summed E-state index contributed by atoms with van der Waals surface area (Å²) in [6.07, 6.45) is 3.47. The van der Waals surface area contributed by atoms with E-state index in [1.807, 2.05) is 13.8 Å². The first-order valence-electron chi connectivity index (χ1n) is 7.05. The lowest BCUT2D eigenvalue weighted by Gasteiger charge is -2.74. The molecular formula is C15H23FO2. The van der Waals surface area contributed by atoms with Crippen molar-refractivity contribution in [2.45, 2.75) is 64.6 Å². The summed E-state index contributed by atoms with van der Waals surface area (Å²) in [6, 6.07) is 0. The van der Waals surface area contributed by atoms with Gasteiger partial charge in [0.2, 0.25) is 0 Å². The van der Waals surface area contributed by atoms with Crippen molar-refractivity contribution in [2.24, 2.45) is 23.2 Å². The number of esters is 1. The van der Waals surface area contributed by atoms with Gasteiger partial charge in [-0.05, 0) is 64.2 Å². The zero-order valence-corrected chi connectivity index (χ0v) is 11.8. The third kappa shape index (κ3) is 1.42. The monoisotopic (exact) mass is 254 g/mol. The van der Waals surface area contributed by atoms with Gasteiger partial charge in [0.1, 0.15) is 11.3 Å². The predicted octanol–water partition coefficient (Wildman–Crippen LogP) is 3.49. The van der Waals surface area contributed by atoms with E-state index in [-0.39, 0.29) is 11.4 Å². The molecule has 0 amide bonds. The van der Waals surface area contributed by atoms with Crippen LogP contribution in [0.2, 0.25) is 0 Å². The lowest BCUT2D eigenvalue weighted by atomic mass is 9.32. The van der Waals surface area contributed by atoms with Crippen molar-refractivity contribution in [1.29, 1.82) is 0 Å². The Bertz CT molecular complexity index is 401. The highest BCUT2D eigenvalue weighted by Crippen LogP contribution is 2.75. The van der Waals surface area contributed by atoms with Crippen LogP contribution in [0.4, 0.5) is 4.39 Å². The fraction of sp³-hybridized carbons (Fsp3) is 0.933. The molecule has 0 heterocycles. The highest BCUT2D eigenvalue weighted by Gasteiger charge is 2.73. The van der Waals surface area contributed by atoms with Crippen molar-refractivity contribution < 1.29 is 13.9 Å². The second-order valence-corrected chi connectivity index (χ2v) is 7.54. The van der Waals surface area contributed by atoms with Gasteiger partial charge in [-0.1, -0.05) is 0 Å². The molecule has 0 radical (unpaired) electrons. The zero-order valence-electron chi connectivity index (χ0n) is 11.8. The third-order valence-electron chi connectivity index (χ3n) is 5.86. The second kappa shape index (κ2) is 3.29. The van der Waals surface area contributed by atoms with E-state index in [1.54, 1.807) is 6.92 Å². The molecule has 102 valence electrons. The highest BCUT2D eigenvalue weighted by atomic mass is 19.1. The number of alkyl halides is 1. The summed E-state index contributed by atoms with van der Waals surface area (Å²) in [5.74, 6) is 1.62. The summed E-state index contributed by atoms with van der Waals surface area (Å²) in [7, 11) is 0. The van der Waals surface area contributed by atoms with E-state index < -0.39 is 11.3 Å². The highest BCUT2D eigenvalue weighted by molar-refractivity contribution is 5.66. The predicted molar refractivity (Wildman–Crippen MR) is 66.7 cm³/mol. The summed E-state index contributed by atoms with van der Waals surface area (Å²) >= 11 is 0. The minimum atomic E-state index is -1.09. The van der Waals surface area contributed by atoms with E-state index in [1.165, 1.54) is 13.3 Å². The topological polar surface area (TPSA) is 26.3 Å². The van der Waals surface area contributed by atoms with Crippen LogP contribution in [0.15, 0.2) is 0 Å². The molecule has 3 fully saturated rings. The quantitative estimate of drug-likeness (QED) is 0.705. The van der Waals surface area contributed by atoms with E-state index in [2.05, 4.69) is 0 Å². The van der Waals surface area contributed by atoms with Gasteiger partial charge in [0.05, 0.1) is 0 Å². The van der Waals surface area contributed by atoms with Crippen molar-refractivity contribution in [3.05, 3.63) is 0 Å². The van der Waals surface area contributed by atoms with E-state index in [0.717, 1.165) is 12.3 Å². The van der Waals surface area contributed by atoms with Gasteiger partial charge in [0.15, 0.2) is 0 Å². The van der Waals surface area contributed by atoms with Gasteiger partial charge in [-0.3, -0.25) is 4.79 Å². The van der Waals surface area contributed by atoms with Gasteiger partial charge in [-0.25, -0.2) is 4.39 Å². The number of carbonyl (C=O) groups excluding carboxylic acids is 1. The fourth-order valence-electron chi connectivity index (χ4n) is 5.43. The first-order valence-corrected chi connectivity index (χ1v) is 7.05. The molecule has 3 saturated carbocycles. The van der Waals surface area contributed by atoms with Crippen molar-refractivity contribution in [1.82, 2.24) is 0 Å². The van der Waals surface area contributed by atoms with Gasteiger partial charge in [-0.2, -0.15) is 0 Å². The zero-order chi connectivity index (χ0) is 13.3. The number of hydrogen-bond acceptors (Lipinski definition) is 2. The molecule has 0 aromatic carbocycles. The van der Waals surface area contributed by atoms with Crippen molar-refractivity contribution in [3.63, 3.8) is 0 Å². The molecule has 2 nitrogen and oxygen atoms in total. The minimum Gasteiger partial charge on any atom is -0.459 e. The van der Waals surface area contributed by atoms with Crippen LogP contribution in [0.5, 0.6) is 0 Å². The fourth-order valence-corrected chi connectivity index (χ4v) is 5.43. The Hall–Kier alpha value is -0.600. The third-order valence-corrected chi connectivity index (χ3v) is 5.86. The van der Waals surface area contributed by atoms with Crippen LogP contribution in [-0.2, 0) is 9.53 Å². The maximum absolute atomic E-state index is 14.6. The lowest BCUT2D eigenvalue weighted by molar-refractivity contribution is -0.295.